The van der Waals surface area contributed by atoms with E-state index < -0.39 is 0 Å². The quantitative estimate of drug-likeness (QED) is 0.798. The van der Waals surface area contributed by atoms with Gasteiger partial charge in [-0.15, -0.1) is 0 Å². The van der Waals surface area contributed by atoms with Crippen LogP contribution in [0.5, 0.6) is 11.5 Å². The maximum Gasteiger partial charge on any atom is 0.231 e. The number of benzene rings is 1. The van der Waals surface area contributed by atoms with Crippen molar-refractivity contribution in [2.24, 2.45) is 5.73 Å². The highest BCUT2D eigenvalue weighted by atomic mass is 16.7. The first-order valence-electron chi connectivity index (χ1n) is 7.64. The minimum absolute atomic E-state index is 0.00812. The van der Waals surface area contributed by atoms with E-state index in [4.69, 9.17) is 20.6 Å². The number of amidine groups is 1. The predicted octanol–water partition coefficient (Wildman–Crippen LogP) is 2.36. The Morgan fingerprint density at radius 3 is 2.90 bits per heavy atom. The molecule has 2 aliphatic heterocycles. The zero-order chi connectivity index (χ0) is 14.8. The molecule has 0 spiro atoms. The van der Waals surface area contributed by atoms with Crippen molar-refractivity contribution in [3.05, 3.63) is 23.8 Å². The van der Waals surface area contributed by atoms with Gasteiger partial charge >= 0.3 is 0 Å². The molecule has 21 heavy (non-hydrogen) atoms. The predicted molar refractivity (Wildman–Crippen MR) is 82.1 cm³/mol. The Hall–Kier alpha value is -1.75. The van der Waals surface area contributed by atoms with Crippen LogP contribution in [-0.4, -0.2) is 24.7 Å². The lowest BCUT2D eigenvalue weighted by Gasteiger charge is -2.31. The third-order valence-corrected chi connectivity index (χ3v) is 4.33. The lowest BCUT2D eigenvalue weighted by atomic mass is 9.84. The summed E-state index contributed by atoms with van der Waals surface area (Å²) < 4.78 is 10.8. The van der Waals surface area contributed by atoms with Gasteiger partial charge in [0.25, 0.3) is 0 Å². The summed E-state index contributed by atoms with van der Waals surface area (Å²) in [6.45, 7) is 2.32. The van der Waals surface area contributed by atoms with Gasteiger partial charge in [0.2, 0.25) is 6.79 Å². The van der Waals surface area contributed by atoms with Gasteiger partial charge in [0, 0.05) is 24.4 Å². The molecule has 5 nitrogen and oxygen atoms in total. The van der Waals surface area contributed by atoms with Crippen LogP contribution in [-0.2, 0) is 0 Å². The number of ether oxygens (including phenoxy) is 2. The number of fused-ring (bicyclic) bond motifs is 1. The first kappa shape index (κ1) is 14.2. The van der Waals surface area contributed by atoms with E-state index in [1.165, 1.54) is 0 Å². The third-order valence-electron chi connectivity index (χ3n) is 4.33. The minimum atomic E-state index is 0.00812. The van der Waals surface area contributed by atoms with E-state index in [1.807, 2.05) is 19.1 Å². The molecule has 5 heteroatoms. The third kappa shape index (κ3) is 2.97. The van der Waals surface area contributed by atoms with Crippen LogP contribution >= 0.6 is 0 Å². The molecule has 0 amide bonds. The Balaban J connectivity index is 1.88. The lowest BCUT2D eigenvalue weighted by Crippen LogP contribution is -2.43. The lowest BCUT2D eigenvalue weighted by molar-refractivity contribution is 0.174. The largest absolute Gasteiger partial charge is 0.454 e. The van der Waals surface area contributed by atoms with Crippen LogP contribution in [0, 0.1) is 5.41 Å². The van der Waals surface area contributed by atoms with Gasteiger partial charge in [-0.3, -0.25) is 5.41 Å². The molecule has 3 unspecified atom stereocenters. The number of hydrogen-bond acceptors (Lipinski definition) is 4. The smallest absolute Gasteiger partial charge is 0.231 e. The summed E-state index contributed by atoms with van der Waals surface area (Å²) in [6.07, 6.45) is 4.09. The molecule has 0 aliphatic carbocycles. The Morgan fingerprint density at radius 2 is 2.10 bits per heavy atom. The van der Waals surface area contributed by atoms with E-state index in [2.05, 4.69) is 11.4 Å². The van der Waals surface area contributed by atoms with Crippen LogP contribution in [0.15, 0.2) is 18.2 Å². The van der Waals surface area contributed by atoms with Gasteiger partial charge in [0.05, 0.1) is 5.84 Å². The SMILES string of the molecule is CC(N)C(c1ccc2c(c1)OCO2)C1CCCCC(=N)N1. The monoisotopic (exact) mass is 289 g/mol. The molecule has 1 saturated heterocycles. The number of hydrogen-bond donors (Lipinski definition) is 3. The molecular weight excluding hydrogens is 266 g/mol. The topological polar surface area (TPSA) is 80.4 Å². The Morgan fingerprint density at radius 1 is 1.29 bits per heavy atom. The molecule has 0 saturated carbocycles. The van der Waals surface area contributed by atoms with Crippen molar-refractivity contribution in [1.29, 1.82) is 5.41 Å². The summed E-state index contributed by atoms with van der Waals surface area (Å²) in [6, 6.07) is 6.27. The van der Waals surface area contributed by atoms with E-state index in [0.717, 1.165) is 42.7 Å². The molecule has 1 aromatic carbocycles. The second-order valence-corrected chi connectivity index (χ2v) is 5.97. The summed E-state index contributed by atoms with van der Waals surface area (Å²) in [4.78, 5) is 0. The van der Waals surface area contributed by atoms with E-state index in [1.54, 1.807) is 0 Å². The second-order valence-electron chi connectivity index (χ2n) is 5.97. The Bertz CT molecular complexity index is 530. The normalized spacial score (nSPS) is 24.1. The van der Waals surface area contributed by atoms with Gasteiger partial charge in [-0.05, 0) is 37.5 Å². The Kier molecular flexibility index (Phi) is 4.01. The average molecular weight is 289 g/mol. The maximum absolute atomic E-state index is 7.98. The molecule has 0 aromatic heterocycles. The molecule has 1 aromatic rings. The van der Waals surface area contributed by atoms with Crippen molar-refractivity contribution < 1.29 is 9.47 Å². The highest BCUT2D eigenvalue weighted by Gasteiger charge is 2.29. The molecular formula is C16H23N3O2. The second kappa shape index (κ2) is 5.93. The molecule has 2 aliphatic rings. The van der Waals surface area contributed by atoms with E-state index in [-0.39, 0.29) is 24.8 Å². The highest BCUT2D eigenvalue weighted by molar-refractivity contribution is 5.79. The van der Waals surface area contributed by atoms with E-state index >= 15 is 0 Å². The summed E-state index contributed by atoms with van der Waals surface area (Å²) in [5.74, 6) is 2.38. The van der Waals surface area contributed by atoms with Crippen molar-refractivity contribution in [2.75, 3.05) is 6.79 Å². The standard InChI is InChI=1S/C16H23N3O2/c1-10(17)16(12-4-2-3-5-15(18)19-12)11-6-7-13-14(8-11)21-9-20-13/h6-8,10,12,16H,2-5,9,17H2,1H3,(H2,18,19). The molecule has 3 rings (SSSR count). The fourth-order valence-electron chi connectivity index (χ4n) is 3.33. The van der Waals surface area contributed by atoms with Crippen LogP contribution in [0.1, 0.15) is 44.1 Å². The fraction of sp³-hybridized carbons (Fsp3) is 0.562. The summed E-state index contributed by atoms with van der Waals surface area (Å²) in [5, 5.41) is 11.3. The summed E-state index contributed by atoms with van der Waals surface area (Å²) in [7, 11) is 0. The van der Waals surface area contributed by atoms with Crippen LogP contribution in [0.4, 0.5) is 0 Å². The zero-order valence-corrected chi connectivity index (χ0v) is 12.4. The van der Waals surface area contributed by atoms with Gasteiger partial charge in [-0.2, -0.15) is 0 Å². The van der Waals surface area contributed by atoms with Crippen LogP contribution in [0.25, 0.3) is 0 Å². The van der Waals surface area contributed by atoms with Crippen LogP contribution in [0.2, 0.25) is 0 Å². The van der Waals surface area contributed by atoms with Gasteiger partial charge in [-0.25, -0.2) is 0 Å². The van der Waals surface area contributed by atoms with Crippen LogP contribution < -0.4 is 20.5 Å². The first-order chi connectivity index (χ1) is 10.1. The van der Waals surface area contributed by atoms with Crippen molar-refractivity contribution in [3.8, 4) is 11.5 Å². The minimum Gasteiger partial charge on any atom is -0.454 e. The van der Waals surface area contributed by atoms with E-state index in [0.29, 0.717) is 5.84 Å². The Labute approximate surface area is 125 Å². The average Bonchev–Trinajstić information content (AvgIpc) is 2.80. The van der Waals surface area contributed by atoms with E-state index in [9.17, 15) is 0 Å². The summed E-state index contributed by atoms with van der Waals surface area (Å²) in [5.41, 5.74) is 7.41. The fourth-order valence-corrected chi connectivity index (χ4v) is 3.33. The first-order valence-corrected chi connectivity index (χ1v) is 7.64. The molecule has 4 N–H and O–H groups in total. The molecule has 3 atom stereocenters. The van der Waals surface area contributed by atoms with Crippen molar-refractivity contribution >= 4 is 5.84 Å². The number of rotatable bonds is 3. The number of nitrogens with two attached hydrogens (primary N) is 1. The van der Waals surface area contributed by atoms with Gasteiger partial charge in [0.15, 0.2) is 11.5 Å². The molecule has 0 bridgehead atoms. The van der Waals surface area contributed by atoms with Gasteiger partial charge < -0.3 is 20.5 Å². The van der Waals surface area contributed by atoms with Gasteiger partial charge in [0.1, 0.15) is 0 Å². The molecule has 114 valence electrons. The highest BCUT2D eigenvalue weighted by Crippen LogP contribution is 2.37. The zero-order valence-electron chi connectivity index (χ0n) is 12.4. The molecule has 0 radical (unpaired) electrons. The van der Waals surface area contributed by atoms with Crippen molar-refractivity contribution in [3.63, 3.8) is 0 Å². The van der Waals surface area contributed by atoms with Crippen molar-refractivity contribution in [1.82, 2.24) is 5.32 Å². The van der Waals surface area contributed by atoms with Crippen molar-refractivity contribution in [2.45, 2.75) is 50.6 Å². The maximum atomic E-state index is 7.98. The van der Waals surface area contributed by atoms with Crippen LogP contribution in [0.3, 0.4) is 0 Å². The molecule has 2 heterocycles. The number of nitrogens with one attached hydrogen (secondary N) is 2. The molecule has 1 fully saturated rings. The summed E-state index contributed by atoms with van der Waals surface area (Å²) >= 11 is 0. The van der Waals surface area contributed by atoms with Gasteiger partial charge in [-0.1, -0.05) is 12.5 Å².